The molecule has 0 heterocycles. The van der Waals surface area contributed by atoms with Gasteiger partial charge in [-0.1, -0.05) is 98.8 Å². The van der Waals surface area contributed by atoms with Crippen LogP contribution < -0.4 is 4.90 Å². The molecule has 0 amide bonds. The average molecular weight is 572 g/mol. The third-order valence-electron chi connectivity index (χ3n) is 11.8. The van der Waals surface area contributed by atoms with E-state index in [1.54, 1.807) is 5.56 Å². The molecule has 5 aromatic rings. The Hall–Kier alpha value is -4.10. The molecule has 0 unspecified atom stereocenters. The van der Waals surface area contributed by atoms with Crippen molar-refractivity contribution in [2.24, 2.45) is 17.8 Å². The summed E-state index contributed by atoms with van der Waals surface area (Å²) in [5.41, 5.74) is 13.7. The fourth-order valence-electron chi connectivity index (χ4n) is 10.1. The first-order valence-electron chi connectivity index (χ1n) is 16.8. The molecule has 0 N–H and O–H groups in total. The zero-order valence-corrected chi connectivity index (χ0v) is 26.0. The van der Waals surface area contributed by atoms with Crippen molar-refractivity contribution >= 4 is 17.1 Å². The normalized spacial score (nSPS) is 25.5. The molecule has 0 atom stereocenters. The van der Waals surface area contributed by atoms with Gasteiger partial charge in [-0.2, -0.15) is 0 Å². The van der Waals surface area contributed by atoms with Crippen molar-refractivity contribution in [3.05, 3.63) is 138 Å². The fourth-order valence-corrected chi connectivity index (χ4v) is 10.1. The number of rotatable bonds is 5. The Labute approximate surface area is 262 Å². The summed E-state index contributed by atoms with van der Waals surface area (Å²) < 4.78 is 0. The molecule has 10 rings (SSSR count). The minimum absolute atomic E-state index is 0.0313. The smallest absolute Gasteiger partial charge is 0.0465 e. The standard InChI is InChI=1S/C43H41N/c1-42(2)40-11-7-6-10-38(40)39-21-20-37(25-41(39)42)44(35-8-4-3-5-9-35)36-18-14-33(15-19-36)32-12-16-34(17-13-32)43-26-29-22-30(27-43)24-31(23-29)28-43/h3-21,25,29-31H,22-24,26-28H2,1-2H3. The number of fused-ring (bicyclic) bond motifs is 3. The van der Waals surface area contributed by atoms with Crippen LogP contribution in [0.4, 0.5) is 17.1 Å². The first kappa shape index (κ1) is 26.3. The van der Waals surface area contributed by atoms with Crippen LogP contribution in [0.5, 0.6) is 0 Å². The summed E-state index contributed by atoms with van der Waals surface area (Å²) >= 11 is 0. The van der Waals surface area contributed by atoms with Gasteiger partial charge in [-0.25, -0.2) is 0 Å². The minimum Gasteiger partial charge on any atom is -0.310 e. The van der Waals surface area contributed by atoms with E-state index in [0.29, 0.717) is 5.41 Å². The van der Waals surface area contributed by atoms with Gasteiger partial charge >= 0.3 is 0 Å². The van der Waals surface area contributed by atoms with Gasteiger partial charge in [0.1, 0.15) is 0 Å². The first-order chi connectivity index (χ1) is 21.5. The average Bonchev–Trinajstić information content (AvgIpc) is 3.27. The molecule has 4 fully saturated rings. The third-order valence-corrected chi connectivity index (χ3v) is 11.8. The van der Waals surface area contributed by atoms with Crippen molar-refractivity contribution in [3.8, 4) is 22.3 Å². The van der Waals surface area contributed by atoms with Crippen LogP contribution in [-0.2, 0) is 10.8 Å². The maximum absolute atomic E-state index is 2.47. The quantitative estimate of drug-likeness (QED) is 0.203. The van der Waals surface area contributed by atoms with Crippen LogP contribution in [0.15, 0.2) is 121 Å². The van der Waals surface area contributed by atoms with Gasteiger partial charge in [0.05, 0.1) is 0 Å². The number of nitrogens with zero attached hydrogens (tertiary/aromatic N) is 1. The van der Waals surface area contributed by atoms with E-state index in [1.807, 2.05) is 0 Å². The lowest BCUT2D eigenvalue weighted by Gasteiger charge is -2.57. The molecule has 0 spiro atoms. The molecular weight excluding hydrogens is 530 g/mol. The van der Waals surface area contributed by atoms with Crippen LogP contribution in [0.1, 0.15) is 69.1 Å². The molecular formula is C43H41N. The zero-order chi connectivity index (χ0) is 29.5. The van der Waals surface area contributed by atoms with E-state index in [-0.39, 0.29) is 5.41 Å². The van der Waals surface area contributed by atoms with Gasteiger partial charge in [0.2, 0.25) is 0 Å². The molecule has 0 aliphatic heterocycles. The predicted octanol–water partition coefficient (Wildman–Crippen LogP) is 11.6. The van der Waals surface area contributed by atoms with E-state index in [0.717, 1.165) is 17.8 Å². The summed E-state index contributed by atoms with van der Waals surface area (Å²) in [5, 5.41) is 0. The van der Waals surface area contributed by atoms with Gasteiger partial charge in [-0.3, -0.25) is 0 Å². The van der Waals surface area contributed by atoms with Gasteiger partial charge in [-0.15, -0.1) is 0 Å². The molecule has 44 heavy (non-hydrogen) atoms. The van der Waals surface area contributed by atoms with E-state index in [4.69, 9.17) is 0 Å². The third kappa shape index (κ3) is 4.05. The van der Waals surface area contributed by atoms with Crippen molar-refractivity contribution in [2.45, 2.75) is 63.2 Å². The highest BCUT2D eigenvalue weighted by Gasteiger charge is 2.51. The first-order valence-corrected chi connectivity index (χ1v) is 16.8. The monoisotopic (exact) mass is 571 g/mol. The highest BCUT2D eigenvalue weighted by molar-refractivity contribution is 5.85. The Bertz CT molecular complexity index is 1810. The van der Waals surface area contributed by atoms with Gasteiger partial charge in [-0.05, 0) is 137 Å². The summed E-state index contributed by atoms with van der Waals surface area (Å²) in [4.78, 5) is 2.40. The Morgan fingerprint density at radius 1 is 0.500 bits per heavy atom. The minimum atomic E-state index is -0.0313. The number of hydrogen-bond acceptors (Lipinski definition) is 1. The van der Waals surface area contributed by atoms with Crippen LogP contribution in [0.3, 0.4) is 0 Å². The molecule has 5 aromatic carbocycles. The summed E-state index contributed by atoms with van der Waals surface area (Å²) in [6.45, 7) is 4.72. The highest BCUT2D eigenvalue weighted by atomic mass is 15.1. The van der Waals surface area contributed by atoms with Gasteiger partial charge < -0.3 is 4.90 Å². The number of benzene rings is 5. The molecule has 0 radical (unpaired) electrons. The lowest BCUT2D eigenvalue weighted by molar-refractivity contribution is -0.00518. The van der Waals surface area contributed by atoms with E-state index >= 15 is 0 Å². The van der Waals surface area contributed by atoms with Crippen LogP contribution in [-0.4, -0.2) is 0 Å². The fraction of sp³-hybridized carbons (Fsp3) is 0.302. The largest absolute Gasteiger partial charge is 0.310 e. The molecule has 0 aromatic heterocycles. The lowest BCUT2D eigenvalue weighted by atomic mass is 9.48. The summed E-state index contributed by atoms with van der Waals surface area (Å²) in [6.07, 6.45) is 8.78. The van der Waals surface area contributed by atoms with Crippen LogP contribution >= 0.6 is 0 Å². The molecule has 5 aliphatic carbocycles. The summed E-state index contributed by atoms with van der Waals surface area (Å²) in [6, 6.07) is 45.6. The molecule has 1 heteroatoms. The Kier molecular flexibility index (Phi) is 5.80. The second-order valence-corrected chi connectivity index (χ2v) is 14.9. The SMILES string of the molecule is CC1(C)c2ccccc2-c2ccc(N(c3ccccc3)c3ccc(-c4ccc(C56CC7CC(CC(C7)C5)C6)cc4)cc3)cc21. The lowest BCUT2D eigenvalue weighted by Crippen LogP contribution is -2.48. The van der Waals surface area contributed by atoms with Gasteiger partial charge in [0.25, 0.3) is 0 Å². The van der Waals surface area contributed by atoms with Crippen molar-refractivity contribution < 1.29 is 0 Å². The number of anilines is 3. The number of para-hydroxylation sites is 1. The Balaban J connectivity index is 1.04. The van der Waals surface area contributed by atoms with E-state index in [2.05, 4.69) is 140 Å². The predicted molar refractivity (Wildman–Crippen MR) is 184 cm³/mol. The molecule has 218 valence electrons. The summed E-state index contributed by atoms with van der Waals surface area (Å²) in [7, 11) is 0. The maximum atomic E-state index is 2.47. The van der Waals surface area contributed by atoms with E-state index in [9.17, 15) is 0 Å². The molecule has 0 saturated heterocycles. The molecule has 1 nitrogen and oxygen atoms in total. The number of hydrogen-bond donors (Lipinski definition) is 0. The van der Waals surface area contributed by atoms with Crippen LogP contribution in [0, 0.1) is 17.8 Å². The molecule has 4 bridgehead atoms. The van der Waals surface area contributed by atoms with Crippen molar-refractivity contribution in [2.75, 3.05) is 4.90 Å². The van der Waals surface area contributed by atoms with Gasteiger partial charge in [0.15, 0.2) is 0 Å². The topological polar surface area (TPSA) is 3.24 Å². The molecule has 5 aliphatic rings. The zero-order valence-electron chi connectivity index (χ0n) is 26.0. The van der Waals surface area contributed by atoms with Crippen molar-refractivity contribution in [1.82, 2.24) is 0 Å². The van der Waals surface area contributed by atoms with E-state index in [1.165, 1.54) is 89.0 Å². The Morgan fingerprint density at radius 3 is 1.68 bits per heavy atom. The van der Waals surface area contributed by atoms with E-state index < -0.39 is 0 Å². The molecule has 4 saturated carbocycles. The van der Waals surface area contributed by atoms with Crippen LogP contribution in [0.2, 0.25) is 0 Å². The Morgan fingerprint density at radius 2 is 1.02 bits per heavy atom. The maximum Gasteiger partial charge on any atom is 0.0465 e. The summed E-state index contributed by atoms with van der Waals surface area (Å²) in [5.74, 6) is 2.94. The highest BCUT2D eigenvalue weighted by Crippen LogP contribution is 2.60. The second-order valence-electron chi connectivity index (χ2n) is 14.9. The van der Waals surface area contributed by atoms with Crippen molar-refractivity contribution in [1.29, 1.82) is 0 Å². The second kappa shape index (κ2) is 9.70. The van der Waals surface area contributed by atoms with Gasteiger partial charge in [0, 0.05) is 22.5 Å². The van der Waals surface area contributed by atoms with Crippen LogP contribution in [0.25, 0.3) is 22.3 Å². The van der Waals surface area contributed by atoms with Crippen molar-refractivity contribution in [3.63, 3.8) is 0 Å².